The number of hydrogen-bond donors (Lipinski definition) is 1. The third kappa shape index (κ3) is 5.28. The molecular weight excluding hydrogens is 360 g/mol. The normalized spacial score (nSPS) is 12.2. The summed E-state index contributed by atoms with van der Waals surface area (Å²) in [5.41, 5.74) is 13.6. The predicted molar refractivity (Wildman–Crippen MR) is 119 cm³/mol. The molecule has 3 rings (SSSR count). The first kappa shape index (κ1) is 21.2. The highest BCUT2D eigenvalue weighted by Crippen LogP contribution is 2.25. The maximum absolute atomic E-state index is 6.13. The molecule has 0 radical (unpaired) electrons. The van der Waals surface area contributed by atoms with E-state index in [1.807, 2.05) is 24.3 Å². The molecule has 29 heavy (non-hydrogen) atoms. The van der Waals surface area contributed by atoms with Gasteiger partial charge in [0.15, 0.2) is 0 Å². The quantitative estimate of drug-likeness (QED) is 0.535. The van der Waals surface area contributed by atoms with Gasteiger partial charge in [-0.05, 0) is 80.6 Å². The summed E-state index contributed by atoms with van der Waals surface area (Å²) in [7, 11) is 1.68. The van der Waals surface area contributed by atoms with E-state index in [2.05, 4.69) is 55.7 Å². The molecule has 2 N–H and O–H groups in total. The van der Waals surface area contributed by atoms with Crippen molar-refractivity contribution in [2.75, 3.05) is 13.7 Å². The number of aryl methyl sites for hydroxylation is 2. The van der Waals surface area contributed by atoms with E-state index < -0.39 is 0 Å². The van der Waals surface area contributed by atoms with Gasteiger partial charge >= 0.3 is 0 Å². The first-order valence-electron chi connectivity index (χ1n) is 10.2. The highest BCUT2D eigenvalue weighted by atomic mass is 16.5. The summed E-state index contributed by atoms with van der Waals surface area (Å²) in [5.74, 6) is 0.862. The van der Waals surface area contributed by atoms with E-state index in [9.17, 15) is 0 Å². The van der Waals surface area contributed by atoms with Gasteiger partial charge in [-0.15, -0.1) is 0 Å². The topological polar surface area (TPSA) is 49.4 Å². The molecule has 0 aliphatic heterocycles. The average molecular weight is 393 g/mol. The van der Waals surface area contributed by atoms with E-state index in [0.29, 0.717) is 13.2 Å². The van der Waals surface area contributed by atoms with Crippen LogP contribution in [0.25, 0.3) is 5.69 Å². The van der Waals surface area contributed by atoms with Crippen LogP contribution in [0.1, 0.15) is 35.0 Å². The number of benzene rings is 2. The monoisotopic (exact) mass is 392 g/mol. The van der Waals surface area contributed by atoms with Crippen molar-refractivity contribution in [2.45, 2.75) is 46.3 Å². The molecule has 0 saturated carbocycles. The zero-order valence-corrected chi connectivity index (χ0v) is 17.9. The molecule has 4 nitrogen and oxygen atoms in total. The van der Waals surface area contributed by atoms with Gasteiger partial charge < -0.3 is 19.8 Å². The van der Waals surface area contributed by atoms with Gasteiger partial charge in [0.25, 0.3) is 0 Å². The maximum atomic E-state index is 6.13. The minimum atomic E-state index is 0.121. The zero-order chi connectivity index (χ0) is 20.8. The largest absolute Gasteiger partial charge is 0.497 e. The highest BCUT2D eigenvalue weighted by molar-refractivity contribution is 5.49. The van der Waals surface area contributed by atoms with Crippen molar-refractivity contribution in [2.24, 2.45) is 5.73 Å². The van der Waals surface area contributed by atoms with Gasteiger partial charge in [0.2, 0.25) is 0 Å². The molecule has 0 aliphatic carbocycles. The van der Waals surface area contributed by atoms with Crippen LogP contribution < -0.4 is 10.5 Å². The summed E-state index contributed by atoms with van der Waals surface area (Å²) in [6, 6.07) is 19.0. The van der Waals surface area contributed by atoms with Crippen LogP contribution in [-0.2, 0) is 24.2 Å². The Morgan fingerprint density at radius 2 is 1.66 bits per heavy atom. The Labute approximate surface area is 174 Å². The zero-order valence-electron chi connectivity index (χ0n) is 17.9. The molecule has 0 aliphatic rings. The van der Waals surface area contributed by atoms with Gasteiger partial charge in [0.1, 0.15) is 5.75 Å². The Bertz CT molecular complexity index is 907. The van der Waals surface area contributed by atoms with Crippen molar-refractivity contribution < 1.29 is 9.47 Å². The van der Waals surface area contributed by atoms with E-state index in [1.165, 1.54) is 28.2 Å². The van der Waals surface area contributed by atoms with Crippen LogP contribution in [0.15, 0.2) is 54.6 Å². The minimum absolute atomic E-state index is 0.121. The number of ether oxygens (including phenoxy) is 2. The third-order valence-electron chi connectivity index (χ3n) is 5.23. The molecule has 3 aromatic rings. The third-order valence-corrected chi connectivity index (χ3v) is 5.23. The summed E-state index contributed by atoms with van der Waals surface area (Å²) in [5, 5.41) is 0. The molecule has 0 spiro atoms. The molecule has 0 unspecified atom stereocenters. The van der Waals surface area contributed by atoms with Crippen LogP contribution in [0, 0.1) is 13.8 Å². The fourth-order valence-electron chi connectivity index (χ4n) is 3.79. The van der Waals surface area contributed by atoms with Crippen LogP contribution in [0.2, 0.25) is 0 Å². The van der Waals surface area contributed by atoms with E-state index in [1.54, 1.807) is 7.11 Å². The second kappa shape index (κ2) is 9.77. The van der Waals surface area contributed by atoms with Gasteiger partial charge in [-0.3, -0.25) is 0 Å². The SMILES string of the molecule is COc1ccc(COCCc2c(C[C@@H](C)N)cccc2-n2c(C)ccc2C)cc1. The second-order valence-corrected chi connectivity index (χ2v) is 7.70. The molecule has 0 bridgehead atoms. The Morgan fingerprint density at radius 1 is 0.966 bits per heavy atom. The summed E-state index contributed by atoms with van der Waals surface area (Å²) >= 11 is 0. The number of rotatable bonds is 9. The molecule has 0 saturated heterocycles. The molecule has 1 atom stereocenters. The van der Waals surface area contributed by atoms with E-state index in [4.69, 9.17) is 15.2 Å². The minimum Gasteiger partial charge on any atom is -0.497 e. The van der Waals surface area contributed by atoms with Crippen molar-refractivity contribution in [3.63, 3.8) is 0 Å². The van der Waals surface area contributed by atoms with E-state index in [0.717, 1.165) is 24.2 Å². The lowest BCUT2D eigenvalue weighted by molar-refractivity contribution is 0.123. The van der Waals surface area contributed by atoms with Gasteiger partial charge in [0.05, 0.1) is 20.3 Å². The Hall–Kier alpha value is -2.56. The Morgan fingerprint density at radius 3 is 2.28 bits per heavy atom. The number of aromatic nitrogens is 1. The summed E-state index contributed by atoms with van der Waals surface area (Å²) in [6.07, 6.45) is 1.71. The van der Waals surface area contributed by atoms with Crippen molar-refractivity contribution >= 4 is 0 Å². The number of methoxy groups -OCH3 is 1. The molecule has 1 aromatic heterocycles. The average Bonchev–Trinajstić information content (AvgIpc) is 3.04. The van der Waals surface area contributed by atoms with Crippen LogP contribution in [0.5, 0.6) is 5.75 Å². The van der Waals surface area contributed by atoms with Crippen molar-refractivity contribution in [3.05, 3.63) is 82.7 Å². The van der Waals surface area contributed by atoms with Gasteiger partial charge in [0, 0.05) is 23.1 Å². The number of nitrogens with two attached hydrogens (primary N) is 1. The summed E-state index contributed by atoms with van der Waals surface area (Å²) in [4.78, 5) is 0. The van der Waals surface area contributed by atoms with Crippen LogP contribution in [-0.4, -0.2) is 24.3 Å². The molecule has 0 fully saturated rings. The second-order valence-electron chi connectivity index (χ2n) is 7.70. The summed E-state index contributed by atoms with van der Waals surface area (Å²) < 4.78 is 13.5. The van der Waals surface area contributed by atoms with Gasteiger partial charge in [-0.25, -0.2) is 0 Å². The van der Waals surface area contributed by atoms with Crippen molar-refractivity contribution in [1.82, 2.24) is 4.57 Å². The van der Waals surface area contributed by atoms with Crippen LogP contribution >= 0.6 is 0 Å². The molecule has 4 heteroatoms. The van der Waals surface area contributed by atoms with Gasteiger partial charge in [-0.2, -0.15) is 0 Å². The fraction of sp³-hybridized carbons (Fsp3) is 0.360. The molecule has 2 aromatic carbocycles. The lowest BCUT2D eigenvalue weighted by Gasteiger charge is -2.19. The van der Waals surface area contributed by atoms with Crippen LogP contribution in [0.4, 0.5) is 0 Å². The standard InChI is InChI=1S/C25H32N2O2/c1-18(26)16-22-6-5-7-25(27-19(2)8-9-20(27)3)24(22)14-15-29-17-21-10-12-23(28-4)13-11-21/h5-13,18H,14-17,26H2,1-4H3/t18-/m1/s1. The summed E-state index contributed by atoms with van der Waals surface area (Å²) in [6.45, 7) is 7.61. The molecule has 0 amide bonds. The first-order valence-corrected chi connectivity index (χ1v) is 10.2. The van der Waals surface area contributed by atoms with E-state index >= 15 is 0 Å². The molecule has 1 heterocycles. The van der Waals surface area contributed by atoms with Crippen molar-refractivity contribution in [1.29, 1.82) is 0 Å². The van der Waals surface area contributed by atoms with Crippen molar-refractivity contribution in [3.8, 4) is 11.4 Å². The highest BCUT2D eigenvalue weighted by Gasteiger charge is 2.14. The van der Waals surface area contributed by atoms with E-state index in [-0.39, 0.29) is 6.04 Å². The van der Waals surface area contributed by atoms with Gasteiger partial charge in [-0.1, -0.05) is 24.3 Å². The number of hydrogen-bond acceptors (Lipinski definition) is 3. The maximum Gasteiger partial charge on any atom is 0.118 e. The smallest absolute Gasteiger partial charge is 0.118 e. The fourth-order valence-corrected chi connectivity index (χ4v) is 3.79. The lowest BCUT2D eigenvalue weighted by Crippen LogP contribution is -2.20. The number of nitrogens with zero attached hydrogens (tertiary/aromatic N) is 1. The molecule has 154 valence electrons. The Balaban J connectivity index is 1.77. The predicted octanol–water partition coefficient (Wildman–Crippen LogP) is 4.75. The molecular formula is C25H32N2O2. The van der Waals surface area contributed by atoms with Crippen LogP contribution in [0.3, 0.4) is 0 Å². The first-order chi connectivity index (χ1) is 14.0. The lowest BCUT2D eigenvalue weighted by atomic mass is 9.97. The Kier molecular flexibility index (Phi) is 7.13.